The van der Waals surface area contributed by atoms with Crippen LogP contribution in [0, 0.1) is 5.82 Å². The SMILES string of the molecule is C[C@H](N)[C@H](Oc1cccc2[nH]nc(-c3ccc(F)cc3)c12)c1ccccc1. The summed E-state index contributed by atoms with van der Waals surface area (Å²) in [6, 6.07) is 21.7. The van der Waals surface area contributed by atoms with Crippen LogP contribution >= 0.6 is 0 Å². The molecule has 0 fully saturated rings. The van der Waals surface area contributed by atoms with Crippen LogP contribution < -0.4 is 10.5 Å². The summed E-state index contributed by atoms with van der Waals surface area (Å²) >= 11 is 0. The van der Waals surface area contributed by atoms with Crippen molar-refractivity contribution in [2.75, 3.05) is 0 Å². The number of benzene rings is 3. The monoisotopic (exact) mass is 361 g/mol. The van der Waals surface area contributed by atoms with Crippen LogP contribution in [-0.2, 0) is 0 Å². The molecule has 0 aliphatic heterocycles. The molecule has 0 amide bonds. The Morgan fingerprint density at radius 1 is 0.963 bits per heavy atom. The maximum Gasteiger partial charge on any atom is 0.138 e. The summed E-state index contributed by atoms with van der Waals surface area (Å²) in [5, 5.41) is 8.30. The van der Waals surface area contributed by atoms with E-state index in [0.717, 1.165) is 27.7 Å². The molecule has 136 valence electrons. The quantitative estimate of drug-likeness (QED) is 0.535. The lowest BCUT2D eigenvalue weighted by Gasteiger charge is -2.23. The van der Waals surface area contributed by atoms with Crippen molar-refractivity contribution in [2.24, 2.45) is 5.73 Å². The number of nitrogens with one attached hydrogen (secondary N) is 1. The van der Waals surface area contributed by atoms with Gasteiger partial charge in [-0.15, -0.1) is 0 Å². The predicted octanol–water partition coefficient (Wildman–Crippen LogP) is 4.84. The van der Waals surface area contributed by atoms with Crippen LogP contribution in [-0.4, -0.2) is 16.2 Å². The first kappa shape index (κ1) is 17.2. The highest BCUT2D eigenvalue weighted by Crippen LogP contribution is 2.36. The molecule has 1 aromatic heterocycles. The third-order valence-corrected chi connectivity index (χ3v) is 4.53. The van der Waals surface area contributed by atoms with Gasteiger partial charge in [-0.3, -0.25) is 5.10 Å². The number of nitrogens with two attached hydrogens (primary N) is 1. The fraction of sp³-hybridized carbons (Fsp3) is 0.136. The Bertz CT molecular complexity index is 1040. The molecule has 0 saturated heterocycles. The van der Waals surface area contributed by atoms with Gasteiger partial charge in [0.1, 0.15) is 23.4 Å². The van der Waals surface area contributed by atoms with Crippen LogP contribution in [0.15, 0.2) is 72.8 Å². The van der Waals surface area contributed by atoms with E-state index in [2.05, 4.69) is 10.2 Å². The molecule has 27 heavy (non-hydrogen) atoms. The van der Waals surface area contributed by atoms with Crippen molar-refractivity contribution in [2.45, 2.75) is 19.1 Å². The fourth-order valence-electron chi connectivity index (χ4n) is 3.21. The molecule has 5 heteroatoms. The van der Waals surface area contributed by atoms with Gasteiger partial charge in [-0.2, -0.15) is 5.10 Å². The highest BCUT2D eigenvalue weighted by Gasteiger charge is 2.21. The molecule has 0 spiro atoms. The number of nitrogens with zero attached hydrogens (tertiary/aromatic N) is 1. The second-order valence-electron chi connectivity index (χ2n) is 6.57. The fourth-order valence-corrected chi connectivity index (χ4v) is 3.21. The molecule has 3 N–H and O–H groups in total. The number of hydrogen-bond acceptors (Lipinski definition) is 3. The van der Waals surface area contributed by atoms with E-state index in [1.807, 2.05) is 55.5 Å². The number of rotatable bonds is 5. The van der Waals surface area contributed by atoms with Crippen molar-refractivity contribution >= 4 is 10.9 Å². The minimum Gasteiger partial charge on any atom is -0.483 e. The van der Waals surface area contributed by atoms with Crippen LogP contribution in [0.4, 0.5) is 4.39 Å². The van der Waals surface area contributed by atoms with E-state index in [0.29, 0.717) is 5.75 Å². The molecule has 3 aromatic carbocycles. The van der Waals surface area contributed by atoms with E-state index in [9.17, 15) is 4.39 Å². The van der Waals surface area contributed by atoms with E-state index in [-0.39, 0.29) is 18.0 Å². The molecule has 2 atom stereocenters. The van der Waals surface area contributed by atoms with Crippen molar-refractivity contribution in [3.63, 3.8) is 0 Å². The first-order valence-corrected chi connectivity index (χ1v) is 8.83. The summed E-state index contributed by atoms with van der Waals surface area (Å²) in [7, 11) is 0. The molecular formula is C22H20FN3O. The molecule has 0 bridgehead atoms. The summed E-state index contributed by atoms with van der Waals surface area (Å²) in [6.07, 6.45) is -0.298. The molecule has 0 radical (unpaired) electrons. The van der Waals surface area contributed by atoms with Crippen molar-refractivity contribution in [3.8, 4) is 17.0 Å². The van der Waals surface area contributed by atoms with Gasteiger partial charge in [-0.1, -0.05) is 36.4 Å². The average Bonchev–Trinajstić information content (AvgIpc) is 3.12. The van der Waals surface area contributed by atoms with Gasteiger partial charge in [-0.05, 0) is 48.9 Å². The zero-order valence-corrected chi connectivity index (χ0v) is 14.9. The standard InChI is InChI=1S/C22H20FN3O/c1-14(24)22(16-6-3-2-4-7-16)27-19-9-5-8-18-20(19)21(26-25-18)15-10-12-17(23)13-11-15/h2-14,22H,24H2,1H3,(H,25,26)/t14-,22-/m0/s1. The minimum atomic E-state index is -0.298. The molecule has 0 saturated carbocycles. The number of ether oxygens (including phenoxy) is 1. The van der Waals surface area contributed by atoms with Crippen LogP contribution in [0.2, 0.25) is 0 Å². The number of hydrogen-bond donors (Lipinski definition) is 2. The molecular weight excluding hydrogens is 341 g/mol. The molecule has 4 aromatic rings. The maximum atomic E-state index is 13.3. The van der Waals surface area contributed by atoms with Crippen molar-refractivity contribution in [3.05, 3.63) is 84.2 Å². The number of aromatic amines is 1. The van der Waals surface area contributed by atoms with Gasteiger partial charge in [0.15, 0.2) is 0 Å². The molecule has 0 unspecified atom stereocenters. The summed E-state index contributed by atoms with van der Waals surface area (Å²) in [5.41, 5.74) is 9.61. The van der Waals surface area contributed by atoms with Gasteiger partial charge in [0.2, 0.25) is 0 Å². The highest BCUT2D eigenvalue weighted by atomic mass is 19.1. The Hall–Kier alpha value is -3.18. The van der Waals surface area contributed by atoms with Gasteiger partial charge in [0, 0.05) is 11.6 Å². The topological polar surface area (TPSA) is 63.9 Å². The molecule has 0 aliphatic rings. The summed E-state index contributed by atoms with van der Waals surface area (Å²) < 4.78 is 19.7. The Kier molecular flexibility index (Phi) is 4.60. The third kappa shape index (κ3) is 3.41. The van der Waals surface area contributed by atoms with Crippen LogP contribution in [0.5, 0.6) is 5.75 Å². The smallest absolute Gasteiger partial charge is 0.138 e. The van der Waals surface area contributed by atoms with E-state index in [1.54, 1.807) is 12.1 Å². The number of H-pyrrole nitrogens is 1. The Labute approximate surface area is 156 Å². The van der Waals surface area contributed by atoms with E-state index in [4.69, 9.17) is 10.5 Å². The first-order valence-electron chi connectivity index (χ1n) is 8.83. The lowest BCUT2D eigenvalue weighted by atomic mass is 10.0. The average molecular weight is 361 g/mol. The van der Waals surface area contributed by atoms with Gasteiger partial charge < -0.3 is 10.5 Å². The molecule has 0 aliphatic carbocycles. The number of fused-ring (bicyclic) bond motifs is 1. The van der Waals surface area contributed by atoms with Gasteiger partial charge in [-0.25, -0.2) is 4.39 Å². The highest BCUT2D eigenvalue weighted by molar-refractivity contribution is 5.97. The molecule has 1 heterocycles. The predicted molar refractivity (Wildman–Crippen MR) is 105 cm³/mol. The van der Waals surface area contributed by atoms with Crippen molar-refractivity contribution < 1.29 is 9.13 Å². The largest absolute Gasteiger partial charge is 0.483 e. The first-order chi connectivity index (χ1) is 13.1. The number of aromatic nitrogens is 2. The maximum absolute atomic E-state index is 13.3. The number of halogens is 1. The van der Waals surface area contributed by atoms with Crippen LogP contribution in [0.1, 0.15) is 18.6 Å². The zero-order chi connectivity index (χ0) is 18.8. The Morgan fingerprint density at radius 2 is 1.70 bits per heavy atom. The summed E-state index contributed by atoms with van der Waals surface area (Å²) in [4.78, 5) is 0. The van der Waals surface area contributed by atoms with Gasteiger partial charge in [0.05, 0.1) is 10.9 Å². The lowest BCUT2D eigenvalue weighted by molar-refractivity contribution is 0.183. The summed E-state index contributed by atoms with van der Waals surface area (Å²) in [5.74, 6) is 0.405. The lowest BCUT2D eigenvalue weighted by Crippen LogP contribution is -2.29. The van der Waals surface area contributed by atoms with Crippen LogP contribution in [0.25, 0.3) is 22.2 Å². The Morgan fingerprint density at radius 3 is 2.41 bits per heavy atom. The van der Waals surface area contributed by atoms with Crippen LogP contribution in [0.3, 0.4) is 0 Å². The van der Waals surface area contributed by atoms with Gasteiger partial charge in [0.25, 0.3) is 0 Å². The molecule has 4 rings (SSSR count). The van der Waals surface area contributed by atoms with Gasteiger partial charge >= 0.3 is 0 Å². The molecule has 4 nitrogen and oxygen atoms in total. The van der Waals surface area contributed by atoms with Crippen molar-refractivity contribution in [1.82, 2.24) is 10.2 Å². The van der Waals surface area contributed by atoms with E-state index >= 15 is 0 Å². The second-order valence-corrected chi connectivity index (χ2v) is 6.57. The Balaban J connectivity index is 1.79. The summed E-state index contributed by atoms with van der Waals surface area (Å²) in [6.45, 7) is 1.92. The minimum absolute atomic E-state index is 0.205. The van der Waals surface area contributed by atoms with Crippen molar-refractivity contribution in [1.29, 1.82) is 0 Å². The van der Waals surface area contributed by atoms with E-state index in [1.165, 1.54) is 12.1 Å². The normalized spacial score (nSPS) is 13.4. The second kappa shape index (κ2) is 7.21. The zero-order valence-electron chi connectivity index (χ0n) is 14.9. The van der Waals surface area contributed by atoms with E-state index < -0.39 is 0 Å². The third-order valence-electron chi connectivity index (χ3n) is 4.53.